The second-order valence-corrected chi connectivity index (χ2v) is 5.28. The van der Waals surface area contributed by atoms with Crippen molar-refractivity contribution < 1.29 is 14.7 Å². The maximum atomic E-state index is 12.0. The summed E-state index contributed by atoms with van der Waals surface area (Å²) in [6, 6.07) is 9.43. The Morgan fingerprint density at radius 3 is 2.71 bits per heavy atom. The van der Waals surface area contributed by atoms with E-state index in [2.05, 4.69) is 5.32 Å². The van der Waals surface area contributed by atoms with Gasteiger partial charge in [0.15, 0.2) is 0 Å². The van der Waals surface area contributed by atoms with Crippen molar-refractivity contribution in [2.75, 3.05) is 19.7 Å². The van der Waals surface area contributed by atoms with Crippen molar-refractivity contribution in [2.24, 2.45) is 0 Å². The van der Waals surface area contributed by atoms with Gasteiger partial charge in [-0.2, -0.15) is 0 Å². The molecular weight excluding hydrogens is 268 g/mol. The van der Waals surface area contributed by atoms with E-state index < -0.39 is 0 Å². The number of hydrogen-bond acceptors (Lipinski definition) is 3. The quantitative estimate of drug-likeness (QED) is 0.794. The second kappa shape index (κ2) is 7.78. The first kappa shape index (κ1) is 15.5. The molecule has 114 valence electrons. The zero-order chi connectivity index (χ0) is 15.1. The van der Waals surface area contributed by atoms with E-state index in [9.17, 15) is 9.59 Å². The van der Waals surface area contributed by atoms with Gasteiger partial charge in [-0.25, -0.2) is 0 Å². The number of rotatable bonds is 7. The molecule has 1 aromatic rings. The van der Waals surface area contributed by atoms with E-state index in [-0.39, 0.29) is 24.5 Å². The molecule has 5 nitrogen and oxygen atoms in total. The Balaban J connectivity index is 1.85. The number of benzene rings is 1. The normalized spacial score (nSPS) is 16.0. The smallest absolute Gasteiger partial charge is 0.222 e. The van der Waals surface area contributed by atoms with Crippen molar-refractivity contribution in [3.63, 3.8) is 0 Å². The van der Waals surface area contributed by atoms with Crippen LogP contribution in [-0.4, -0.2) is 41.5 Å². The number of hydrogen-bond donors (Lipinski definition) is 2. The number of carbonyl (C=O) groups is 2. The Morgan fingerprint density at radius 2 is 2.10 bits per heavy atom. The highest BCUT2D eigenvalue weighted by atomic mass is 16.3. The summed E-state index contributed by atoms with van der Waals surface area (Å²) in [5.74, 6) is 0.0507. The fourth-order valence-electron chi connectivity index (χ4n) is 2.58. The molecule has 21 heavy (non-hydrogen) atoms. The molecule has 1 atom stereocenters. The van der Waals surface area contributed by atoms with Gasteiger partial charge in [-0.05, 0) is 18.4 Å². The van der Waals surface area contributed by atoms with Crippen LogP contribution in [0.2, 0.25) is 0 Å². The Bertz CT molecular complexity index is 476. The number of aliphatic hydroxyl groups is 1. The van der Waals surface area contributed by atoms with Crippen LogP contribution in [0.25, 0.3) is 0 Å². The largest absolute Gasteiger partial charge is 0.396 e. The monoisotopic (exact) mass is 290 g/mol. The van der Waals surface area contributed by atoms with Crippen LogP contribution in [0.4, 0.5) is 0 Å². The third-order valence-electron chi connectivity index (χ3n) is 3.74. The topological polar surface area (TPSA) is 69.6 Å². The average molecular weight is 290 g/mol. The van der Waals surface area contributed by atoms with Crippen LogP contribution in [0.1, 0.15) is 37.3 Å². The van der Waals surface area contributed by atoms with Gasteiger partial charge in [-0.1, -0.05) is 30.3 Å². The number of nitrogens with one attached hydrogen (secondary N) is 1. The summed E-state index contributed by atoms with van der Waals surface area (Å²) in [4.78, 5) is 25.3. The van der Waals surface area contributed by atoms with Crippen molar-refractivity contribution in [2.45, 2.75) is 31.7 Å². The molecule has 2 N–H and O–H groups in total. The van der Waals surface area contributed by atoms with E-state index in [1.807, 2.05) is 30.3 Å². The zero-order valence-electron chi connectivity index (χ0n) is 12.1. The highest BCUT2D eigenvalue weighted by Gasteiger charge is 2.21. The third kappa shape index (κ3) is 4.56. The Kier molecular flexibility index (Phi) is 5.75. The van der Waals surface area contributed by atoms with Crippen molar-refractivity contribution in [1.82, 2.24) is 10.2 Å². The predicted molar refractivity (Wildman–Crippen MR) is 79.5 cm³/mol. The summed E-state index contributed by atoms with van der Waals surface area (Å²) < 4.78 is 0. The molecule has 0 spiro atoms. The van der Waals surface area contributed by atoms with Crippen LogP contribution in [0.15, 0.2) is 30.3 Å². The molecule has 1 aliphatic rings. The van der Waals surface area contributed by atoms with E-state index in [1.165, 1.54) is 0 Å². The molecular formula is C16H22N2O3. The minimum atomic E-state index is -0.182. The van der Waals surface area contributed by atoms with Gasteiger partial charge >= 0.3 is 0 Å². The molecule has 1 saturated heterocycles. The highest BCUT2D eigenvalue weighted by Crippen LogP contribution is 2.16. The summed E-state index contributed by atoms with van der Waals surface area (Å²) in [5, 5.41) is 12.1. The minimum absolute atomic E-state index is 0.0183. The number of carbonyl (C=O) groups excluding carboxylic acids is 2. The average Bonchev–Trinajstić information content (AvgIpc) is 2.91. The third-order valence-corrected chi connectivity index (χ3v) is 3.74. The standard InChI is InChI=1S/C16H22N2O3/c19-12-9-14(13-5-2-1-3-6-13)17-15(20)8-11-18-10-4-7-16(18)21/h1-3,5-6,14,19H,4,7-12H2,(H,17,20). The first-order valence-electron chi connectivity index (χ1n) is 7.43. The molecule has 2 amide bonds. The Hall–Kier alpha value is -1.88. The lowest BCUT2D eigenvalue weighted by Crippen LogP contribution is -2.33. The van der Waals surface area contributed by atoms with E-state index >= 15 is 0 Å². The van der Waals surface area contributed by atoms with Gasteiger partial charge in [-0.3, -0.25) is 9.59 Å². The maximum Gasteiger partial charge on any atom is 0.222 e. The van der Waals surface area contributed by atoms with E-state index in [1.54, 1.807) is 4.90 Å². The van der Waals surface area contributed by atoms with Gasteiger partial charge in [0.2, 0.25) is 11.8 Å². The molecule has 1 aliphatic heterocycles. The molecule has 1 unspecified atom stereocenters. The van der Waals surface area contributed by atoms with Crippen molar-refractivity contribution in [3.05, 3.63) is 35.9 Å². The minimum Gasteiger partial charge on any atom is -0.396 e. The van der Waals surface area contributed by atoms with Gasteiger partial charge in [-0.15, -0.1) is 0 Å². The van der Waals surface area contributed by atoms with Crippen molar-refractivity contribution in [3.8, 4) is 0 Å². The lowest BCUT2D eigenvalue weighted by atomic mass is 10.0. The summed E-state index contributed by atoms with van der Waals surface area (Å²) in [7, 11) is 0. The van der Waals surface area contributed by atoms with Crippen LogP contribution in [0.3, 0.4) is 0 Å². The van der Waals surface area contributed by atoms with Gasteiger partial charge in [0.1, 0.15) is 0 Å². The molecule has 2 rings (SSSR count). The van der Waals surface area contributed by atoms with Gasteiger partial charge < -0.3 is 15.3 Å². The fraction of sp³-hybridized carbons (Fsp3) is 0.500. The molecule has 0 bridgehead atoms. The first-order chi connectivity index (χ1) is 10.2. The molecule has 0 saturated carbocycles. The van der Waals surface area contributed by atoms with Gasteiger partial charge in [0.25, 0.3) is 0 Å². The molecule has 0 aliphatic carbocycles. The van der Waals surface area contributed by atoms with Crippen molar-refractivity contribution in [1.29, 1.82) is 0 Å². The first-order valence-corrected chi connectivity index (χ1v) is 7.43. The summed E-state index contributed by atoms with van der Waals surface area (Å²) >= 11 is 0. The lowest BCUT2D eigenvalue weighted by molar-refractivity contribution is -0.128. The van der Waals surface area contributed by atoms with Crippen LogP contribution in [0.5, 0.6) is 0 Å². The predicted octanol–water partition coefficient (Wildman–Crippen LogP) is 1.24. The van der Waals surface area contributed by atoms with Crippen LogP contribution in [-0.2, 0) is 9.59 Å². The summed E-state index contributed by atoms with van der Waals surface area (Å²) in [5.41, 5.74) is 0.983. The lowest BCUT2D eigenvalue weighted by Gasteiger charge is -2.20. The van der Waals surface area contributed by atoms with Crippen LogP contribution in [0, 0.1) is 0 Å². The van der Waals surface area contributed by atoms with Crippen LogP contribution >= 0.6 is 0 Å². The van der Waals surface area contributed by atoms with Gasteiger partial charge in [0.05, 0.1) is 6.04 Å². The van der Waals surface area contributed by atoms with E-state index in [0.717, 1.165) is 18.5 Å². The van der Waals surface area contributed by atoms with E-state index in [4.69, 9.17) is 5.11 Å². The second-order valence-electron chi connectivity index (χ2n) is 5.28. The maximum absolute atomic E-state index is 12.0. The zero-order valence-corrected chi connectivity index (χ0v) is 12.1. The molecule has 0 radical (unpaired) electrons. The summed E-state index contributed by atoms with van der Waals surface area (Å²) in [6.45, 7) is 1.25. The highest BCUT2D eigenvalue weighted by molar-refractivity contribution is 5.80. The SMILES string of the molecule is O=C(CCN1CCCC1=O)NC(CCO)c1ccccc1. The van der Waals surface area contributed by atoms with Gasteiger partial charge in [0, 0.05) is 32.5 Å². The molecule has 1 fully saturated rings. The number of likely N-dealkylation sites (tertiary alicyclic amines) is 1. The van der Waals surface area contributed by atoms with Crippen molar-refractivity contribution >= 4 is 11.8 Å². The number of amides is 2. The molecule has 1 aromatic carbocycles. The Labute approximate surface area is 125 Å². The number of aliphatic hydroxyl groups excluding tert-OH is 1. The molecule has 5 heteroatoms. The molecule has 1 heterocycles. The summed E-state index contributed by atoms with van der Waals surface area (Å²) in [6.07, 6.45) is 2.27. The van der Waals surface area contributed by atoms with Crippen LogP contribution < -0.4 is 5.32 Å². The molecule has 0 aromatic heterocycles. The Morgan fingerprint density at radius 1 is 1.33 bits per heavy atom. The fourth-order valence-corrected chi connectivity index (χ4v) is 2.58. The number of nitrogens with zero attached hydrogens (tertiary/aromatic N) is 1. The van der Waals surface area contributed by atoms with E-state index in [0.29, 0.717) is 25.8 Å².